The molecule has 0 spiro atoms. The molecule has 2 amide bonds. The van der Waals surface area contributed by atoms with Crippen LogP contribution in [0.15, 0.2) is 47.6 Å². The van der Waals surface area contributed by atoms with Crippen molar-refractivity contribution < 1.29 is 43.5 Å². The monoisotopic (exact) mass is 786 g/mol. The van der Waals surface area contributed by atoms with Crippen molar-refractivity contribution in [2.24, 2.45) is 34.5 Å². The number of carbonyl (C=O) groups is 8. The average molecular weight is 787 g/mol. The van der Waals surface area contributed by atoms with E-state index in [9.17, 15) is 43.5 Å². The van der Waals surface area contributed by atoms with Gasteiger partial charge in [0.2, 0.25) is 11.8 Å². The molecule has 6 aliphatic carbocycles. The Hall–Kier alpha value is -4.12. The van der Waals surface area contributed by atoms with E-state index in [1.807, 2.05) is 13.8 Å². The molecule has 0 aliphatic heterocycles. The predicted molar refractivity (Wildman–Crippen MR) is 214 cm³/mol. The molecule has 0 aromatic rings. The third-order valence-corrected chi connectivity index (χ3v) is 13.2. The Morgan fingerprint density at radius 3 is 1.46 bits per heavy atom. The lowest BCUT2D eigenvalue weighted by Gasteiger charge is -2.24. The van der Waals surface area contributed by atoms with Gasteiger partial charge in [0.25, 0.3) is 0 Å². The van der Waals surface area contributed by atoms with Gasteiger partial charge in [-0.25, -0.2) is 0 Å². The Bertz CT molecular complexity index is 1710. The summed E-state index contributed by atoms with van der Waals surface area (Å²) in [5.74, 6) is -0.797. The van der Waals surface area contributed by atoms with Crippen molar-refractivity contribution in [3.05, 3.63) is 47.6 Å². The normalized spacial score (nSPS) is 22.9. The minimum atomic E-state index is -1.06. The second-order valence-electron chi connectivity index (χ2n) is 18.1. The van der Waals surface area contributed by atoms with Crippen LogP contribution in [-0.4, -0.2) is 70.3 Å². The zero-order chi connectivity index (χ0) is 41.3. The van der Waals surface area contributed by atoms with Crippen molar-refractivity contribution >= 4 is 46.5 Å². The van der Waals surface area contributed by atoms with Gasteiger partial charge in [0.05, 0.1) is 12.6 Å². The van der Waals surface area contributed by atoms with Crippen LogP contribution in [0.4, 0.5) is 0 Å². The van der Waals surface area contributed by atoms with Gasteiger partial charge < -0.3 is 15.7 Å². The first-order valence-electron chi connectivity index (χ1n) is 21.3. The van der Waals surface area contributed by atoms with Crippen molar-refractivity contribution in [2.45, 2.75) is 148 Å². The molecule has 6 aliphatic rings. The van der Waals surface area contributed by atoms with Crippen LogP contribution in [0.3, 0.4) is 0 Å². The molecular weight excluding hydrogens is 725 g/mol. The van der Waals surface area contributed by atoms with Gasteiger partial charge in [0, 0.05) is 59.5 Å². The Balaban J connectivity index is 0.000000218. The highest BCUT2D eigenvalue weighted by Crippen LogP contribution is 2.50. The SMILES string of the molecule is CC1(C(=O)[C@@H](CC(=O)[C@H](CO)NC(=O)C2=CC=CC(=O)C2)CC2CCCC2)CC1.C[C@H](NC(=O)C1=CC=CC(=O)C1)C(=O)C[C@@H](CC1CCCC1)C(=O)C1(C)CC1. The molecule has 0 unspecified atom stereocenters. The van der Waals surface area contributed by atoms with E-state index in [4.69, 9.17) is 0 Å². The van der Waals surface area contributed by atoms with Gasteiger partial charge in [0.1, 0.15) is 17.6 Å². The molecule has 6 rings (SSSR count). The molecule has 4 saturated carbocycles. The lowest BCUT2D eigenvalue weighted by molar-refractivity contribution is -0.133. The number of hydrogen-bond acceptors (Lipinski definition) is 9. The minimum absolute atomic E-state index is 0.0180. The molecule has 11 nitrogen and oxygen atoms in total. The van der Waals surface area contributed by atoms with Gasteiger partial charge >= 0.3 is 0 Å². The molecule has 0 saturated heterocycles. The molecule has 0 bridgehead atoms. The number of allylic oxidation sites excluding steroid dienone is 6. The van der Waals surface area contributed by atoms with Crippen LogP contribution < -0.4 is 10.6 Å². The number of aliphatic hydroxyl groups excluding tert-OH is 1. The summed E-state index contributed by atoms with van der Waals surface area (Å²) in [7, 11) is 0. The van der Waals surface area contributed by atoms with E-state index in [1.165, 1.54) is 50.0 Å². The minimum Gasteiger partial charge on any atom is -0.394 e. The standard InChI is InChI=1S/C23H31NO5.C23H31NO4/c1-23(9-10-23)21(28)17(11-15-5-2-3-6-15)13-20(27)19(14-25)24-22(29)16-7-4-8-18(26)12-16;1-15(24-22(28)17-8-5-9-19(25)13-17)20(26)14-18(12-16-6-3-4-7-16)21(27)23(2)10-11-23/h4,7-8,15,17,19,25H,2-3,5-6,9-14H2,1H3,(H,24,29);5,8-9,15-16,18H,3-4,6-7,10-14H2,1-2H3,(H,24,28)/t17-,19+;15-,18+/m10/s1. The molecule has 3 N–H and O–H groups in total. The van der Waals surface area contributed by atoms with Gasteiger partial charge in [-0.05, 0) is 69.4 Å². The summed E-state index contributed by atoms with van der Waals surface area (Å²) in [6.07, 6.45) is 23.7. The number of aliphatic hydroxyl groups is 1. The number of nitrogens with one attached hydrogen (secondary N) is 2. The molecule has 57 heavy (non-hydrogen) atoms. The third-order valence-electron chi connectivity index (χ3n) is 13.2. The van der Waals surface area contributed by atoms with Crippen LogP contribution in [-0.2, 0) is 38.4 Å². The van der Waals surface area contributed by atoms with E-state index < -0.39 is 24.6 Å². The Kier molecular flexibility index (Phi) is 15.1. The summed E-state index contributed by atoms with van der Waals surface area (Å²) in [6.45, 7) is 5.11. The van der Waals surface area contributed by atoms with E-state index in [0.717, 1.165) is 64.2 Å². The summed E-state index contributed by atoms with van der Waals surface area (Å²) >= 11 is 0. The third kappa shape index (κ3) is 12.4. The highest BCUT2D eigenvalue weighted by atomic mass is 16.3. The highest BCUT2D eigenvalue weighted by Gasteiger charge is 2.49. The maximum atomic E-state index is 13.0. The van der Waals surface area contributed by atoms with Crippen LogP contribution in [0, 0.1) is 34.5 Å². The molecule has 4 fully saturated rings. The van der Waals surface area contributed by atoms with E-state index in [-0.39, 0.29) is 94.5 Å². The quantitative estimate of drug-likeness (QED) is 0.143. The lowest BCUT2D eigenvalue weighted by atomic mass is 9.80. The number of Topliss-reactive ketones (excluding diaryl/α,β-unsaturated/α-hetero) is 4. The molecule has 0 aromatic carbocycles. The average Bonchev–Trinajstić information content (AvgIpc) is 3.95. The van der Waals surface area contributed by atoms with E-state index in [0.29, 0.717) is 17.4 Å². The van der Waals surface area contributed by atoms with Gasteiger partial charge in [-0.2, -0.15) is 0 Å². The summed E-state index contributed by atoms with van der Waals surface area (Å²) in [4.78, 5) is 99.3. The first kappa shape index (κ1) is 44.0. The number of rotatable bonds is 19. The van der Waals surface area contributed by atoms with Crippen LogP contribution >= 0.6 is 0 Å². The zero-order valence-corrected chi connectivity index (χ0v) is 34.1. The second kappa shape index (κ2) is 19.6. The largest absolute Gasteiger partial charge is 0.394 e. The van der Waals surface area contributed by atoms with Crippen molar-refractivity contribution in [1.29, 1.82) is 0 Å². The topological polar surface area (TPSA) is 181 Å². The fraction of sp³-hybridized carbons (Fsp3) is 0.652. The van der Waals surface area contributed by atoms with Crippen LogP contribution in [0.2, 0.25) is 0 Å². The summed E-state index contributed by atoms with van der Waals surface area (Å²) in [6, 6.07) is -1.73. The molecule has 4 atom stereocenters. The van der Waals surface area contributed by atoms with Gasteiger partial charge in [0.15, 0.2) is 23.1 Å². The Morgan fingerprint density at radius 1 is 0.667 bits per heavy atom. The molecular formula is C46H62N2O9. The van der Waals surface area contributed by atoms with Crippen LogP contribution in [0.25, 0.3) is 0 Å². The van der Waals surface area contributed by atoms with Gasteiger partial charge in [-0.1, -0.05) is 89.5 Å². The molecule has 0 heterocycles. The molecule has 0 aromatic heterocycles. The summed E-state index contributed by atoms with van der Waals surface area (Å²) in [5.41, 5.74) is 0.0978. The number of ketones is 6. The first-order chi connectivity index (χ1) is 27.1. The van der Waals surface area contributed by atoms with Gasteiger partial charge in [-0.15, -0.1) is 0 Å². The fourth-order valence-corrected chi connectivity index (χ4v) is 8.84. The lowest BCUT2D eigenvalue weighted by Crippen LogP contribution is -2.45. The molecule has 310 valence electrons. The van der Waals surface area contributed by atoms with Crippen LogP contribution in [0.5, 0.6) is 0 Å². The van der Waals surface area contributed by atoms with E-state index >= 15 is 0 Å². The number of carbonyl (C=O) groups excluding carboxylic acids is 8. The van der Waals surface area contributed by atoms with Crippen molar-refractivity contribution in [3.8, 4) is 0 Å². The predicted octanol–water partition coefficient (Wildman–Crippen LogP) is 5.92. The van der Waals surface area contributed by atoms with E-state index in [2.05, 4.69) is 10.6 Å². The smallest absolute Gasteiger partial charge is 0.248 e. The summed E-state index contributed by atoms with van der Waals surface area (Å²) in [5, 5.41) is 14.9. The van der Waals surface area contributed by atoms with Crippen molar-refractivity contribution in [3.63, 3.8) is 0 Å². The molecule has 0 radical (unpaired) electrons. The highest BCUT2D eigenvalue weighted by molar-refractivity contribution is 6.06. The number of amides is 2. The van der Waals surface area contributed by atoms with Crippen LogP contribution in [0.1, 0.15) is 136 Å². The fourth-order valence-electron chi connectivity index (χ4n) is 8.84. The van der Waals surface area contributed by atoms with Gasteiger partial charge in [-0.3, -0.25) is 38.4 Å². The van der Waals surface area contributed by atoms with Crippen molar-refractivity contribution in [2.75, 3.05) is 6.61 Å². The summed E-state index contributed by atoms with van der Waals surface area (Å²) < 4.78 is 0. The van der Waals surface area contributed by atoms with E-state index in [1.54, 1.807) is 19.1 Å². The maximum Gasteiger partial charge on any atom is 0.248 e. The maximum absolute atomic E-state index is 13.0. The second-order valence-corrected chi connectivity index (χ2v) is 18.1. The van der Waals surface area contributed by atoms with Crippen molar-refractivity contribution in [1.82, 2.24) is 10.6 Å². The molecule has 11 heteroatoms. The number of hydrogen-bond donors (Lipinski definition) is 3. The first-order valence-corrected chi connectivity index (χ1v) is 21.3. The zero-order valence-electron chi connectivity index (χ0n) is 34.1. The Labute approximate surface area is 337 Å². The Morgan fingerprint density at radius 2 is 1.07 bits per heavy atom.